The second kappa shape index (κ2) is 6.31. The molecule has 0 aliphatic carbocycles. The monoisotopic (exact) mass is 252 g/mol. The maximum absolute atomic E-state index is 4.66. The van der Waals surface area contributed by atoms with Gasteiger partial charge in [-0.05, 0) is 26.0 Å². The Morgan fingerprint density at radius 2 is 2.18 bits per heavy atom. The Hall–Kier alpha value is -0.670. The summed E-state index contributed by atoms with van der Waals surface area (Å²) >= 11 is 1.75. The molecule has 3 heteroatoms. The summed E-state index contributed by atoms with van der Waals surface area (Å²) in [7, 11) is 0. The zero-order valence-electron chi connectivity index (χ0n) is 11.6. The average molecular weight is 252 g/mol. The fourth-order valence-electron chi connectivity index (χ4n) is 1.46. The van der Waals surface area contributed by atoms with Crippen molar-refractivity contribution in [2.45, 2.75) is 46.5 Å². The Balaban J connectivity index is 2.62. The van der Waals surface area contributed by atoms with Crippen molar-refractivity contribution in [1.82, 2.24) is 10.3 Å². The Labute approximate surface area is 109 Å². The van der Waals surface area contributed by atoms with Crippen LogP contribution < -0.4 is 5.32 Å². The maximum Gasteiger partial charge on any atom is 0.0985 e. The van der Waals surface area contributed by atoms with Gasteiger partial charge in [-0.2, -0.15) is 0 Å². The molecule has 0 atom stereocenters. The smallest absolute Gasteiger partial charge is 0.0985 e. The Kier molecular flexibility index (Phi) is 5.34. The van der Waals surface area contributed by atoms with Gasteiger partial charge >= 0.3 is 0 Å². The minimum atomic E-state index is 0.158. The first-order chi connectivity index (χ1) is 7.93. The number of rotatable bonds is 5. The third kappa shape index (κ3) is 5.00. The molecular weight excluding hydrogens is 228 g/mol. The van der Waals surface area contributed by atoms with Gasteiger partial charge in [0.1, 0.15) is 0 Å². The van der Waals surface area contributed by atoms with E-state index < -0.39 is 0 Å². The van der Waals surface area contributed by atoms with E-state index in [4.69, 9.17) is 0 Å². The van der Waals surface area contributed by atoms with Crippen molar-refractivity contribution >= 4 is 17.4 Å². The highest BCUT2D eigenvalue weighted by Gasteiger charge is 2.17. The molecule has 1 heterocycles. The number of aromatic nitrogens is 1. The van der Waals surface area contributed by atoms with Crippen molar-refractivity contribution in [2.75, 3.05) is 13.1 Å². The molecule has 0 aliphatic heterocycles. The molecule has 0 fully saturated rings. The lowest BCUT2D eigenvalue weighted by Crippen LogP contribution is -2.16. The lowest BCUT2D eigenvalue weighted by Gasteiger charge is -2.13. The summed E-state index contributed by atoms with van der Waals surface area (Å²) in [6.07, 6.45) is 3.35. The molecule has 0 aliphatic rings. The lowest BCUT2D eigenvalue weighted by molar-refractivity contribution is 0.585. The summed E-state index contributed by atoms with van der Waals surface area (Å²) in [6.45, 7) is 13.0. The molecule has 0 bridgehead atoms. The van der Waals surface area contributed by atoms with E-state index in [2.05, 4.69) is 56.4 Å². The van der Waals surface area contributed by atoms with E-state index in [1.54, 1.807) is 11.3 Å². The number of hydrogen-bond acceptors (Lipinski definition) is 3. The number of nitrogens with zero attached hydrogens (tertiary/aromatic N) is 1. The van der Waals surface area contributed by atoms with Gasteiger partial charge in [0, 0.05) is 17.3 Å². The summed E-state index contributed by atoms with van der Waals surface area (Å²) < 4.78 is 0. The van der Waals surface area contributed by atoms with Gasteiger partial charge in [-0.25, -0.2) is 4.98 Å². The molecule has 17 heavy (non-hydrogen) atoms. The first-order valence-electron chi connectivity index (χ1n) is 6.27. The highest BCUT2D eigenvalue weighted by molar-refractivity contribution is 7.09. The molecule has 1 N–H and O–H groups in total. The zero-order valence-corrected chi connectivity index (χ0v) is 12.4. The first kappa shape index (κ1) is 14.4. The normalized spacial score (nSPS) is 13.1. The minimum absolute atomic E-state index is 0.158. The molecule has 1 rings (SSSR count). The number of nitrogens with one attached hydrogen (secondary N) is 1. The van der Waals surface area contributed by atoms with Crippen LogP contribution in [0.5, 0.6) is 0 Å². The third-order valence-corrected chi connectivity index (χ3v) is 3.67. The van der Waals surface area contributed by atoms with E-state index in [1.807, 2.05) is 0 Å². The Morgan fingerprint density at radius 3 is 2.71 bits per heavy atom. The van der Waals surface area contributed by atoms with Crippen molar-refractivity contribution < 1.29 is 0 Å². The average Bonchev–Trinajstić information content (AvgIpc) is 2.66. The van der Waals surface area contributed by atoms with Crippen LogP contribution in [0.1, 0.15) is 51.7 Å². The highest BCUT2D eigenvalue weighted by Crippen LogP contribution is 2.26. The molecule has 0 amide bonds. The molecular formula is C14H24N2S. The van der Waals surface area contributed by atoms with Crippen molar-refractivity contribution in [3.8, 4) is 0 Å². The molecule has 0 saturated heterocycles. The van der Waals surface area contributed by atoms with E-state index in [0.29, 0.717) is 0 Å². The van der Waals surface area contributed by atoms with Crippen LogP contribution in [0, 0.1) is 0 Å². The highest BCUT2D eigenvalue weighted by atomic mass is 32.1. The summed E-state index contributed by atoms with van der Waals surface area (Å²) in [4.78, 5) is 4.66. The molecule has 0 aromatic carbocycles. The molecule has 96 valence electrons. The fraction of sp³-hybridized carbons (Fsp3) is 0.643. The van der Waals surface area contributed by atoms with Crippen LogP contribution in [0.3, 0.4) is 0 Å². The standard InChI is InChI=1S/C14H24N2S/c1-6-7-15-9-11(2)8-12-10-17-13(16-12)14(3,4)5/h8,10,15H,6-7,9H2,1-5H3. The van der Waals surface area contributed by atoms with Crippen LogP contribution in [-0.4, -0.2) is 18.1 Å². The van der Waals surface area contributed by atoms with Gasteiger partial charge in [-0.3, -0.25) is 0 Å². The molecule has 1 aromatic heterocycles. The van der Waals surface area contributed by atoms with Crippen molar-refractivity contribution in [1.29, 1.82) is 0 Å². The van der Waals surface area contributed by atoms with Gasteiger partial charge in [-0.1, -0.05) is 33.3 Å². The lowest BCUT2D eigenvalue weighted by atomic mass is 9.98. The predicted molar refractivity (Wildman–Crippen MR) is 77.6 cm³/mol. The minimum Gasteiger partial charge on any atom is -0.313 e. The third-order valence-electron chi connectivity index (χ3n) is 2.39. The number of hydrogen-bond donors (Lipinski definition) is 1. The van der Waals surface area contributed by atoms with Crippen LogP contribution in [0.15, 0.2) is 11.0 Å². The molecule has 0 saturated carbocycles. The van der Waals surface area contributed by atoms with Crippen molar-refractivity contribution in [3.63, 3.8) is 0 Å². The van der Waals surface area contributed by atoms with Crippen LogP contribution in [-0.2, 0) is 5.41 Å². The van der Waals surface area contributed by atoms with Gasteiger partial charge in [0.2, 0.25) is 0 Å². The van der Waals surface area contributed by atoms with Crippen LogP contribution >= 0.6 is 11.3 Å². The molecule has 0 spiro atoms. The fourth-order valence-corrected chi connectivity index (χ4v) is 2.33. The van der Waals surface area contributed by atoms with Crippen molar-refractivity contribution in [3.05, 3.63) is 21.7 Å². The summed E-state index contributed by atoms with van der Waals surface area (Å²) in [5.41, 5.74) is 2.59. The summed E-state index contributed by atoms with van der Waals surface area (Å²) in [6, 6.07) is 0. The van der Waals surface area contributed by atoms with E-state index in [9.17, 15) is 0 Å². The van der Waals surface area contributed by atoms with Crippen LogP contribution in [0.25, 0.3) is 6.08 Å². The van der Waals surface area contributed by atoms with E-state index >= 15 is 0 Å². The van der Waals surface area contributed by atoms with E-state index in [1.165, 1.54) is 17.0 Å². The maximum atomic E-state index is 4.66. The van der Waals surface area contributed by atoms with Crippen molar-refractivity contribution in [2.24, 2.45) is 0 Å². The van der Waals surface area contributed by atoms with Gasteiger partial charge < -0.3 is 5.32 Å². The largest absolute Gasteiger partial charge is 0.313 e. The molecule has 2 nitrogen and oxygen atoms in total. The van der Waals surface area contributed by atoms with Crippen LogP contribution in [0.2, 0.25) is 0 Å². The Morgan fingerprint density at radius 1 is 1.47 bits per heavy atom. The zero-order chi connectivity index (χ0) is 12.9. The molecule has 0 radical (unpaired) electrons. The summed E-state index contributed by atoms with van der Waals surface area (Å²) in [5, 5.41) is 6.75. The first-order valence-corrected chi connectivity index (χ1v) is 7.15. The quantitative estimate of drug-likeness (QED) is 0.805. The van der Waals surface area contributed by atoms with Gasteiger partial charge in [0.05, 0.1) is 10.7 Å². The van der Waals surface area contributed by atoms with E-state index in [0.717, 1.165) is 18.8 Å². The summed E-state index contributed by atoms with van der Waals surface area (Å²) in [5.74, 6) is 0. The van der Waals surface area contributed by atoms with E-state index in [-0.39, 0.29) is 5.41 Å². The van der Waals surface area contributed by atoms with Crippen LogP contribution in [0.4, 0.5) is 0 Å². The molecule has 0 unspecified atom stereocenters. The predicted octanol–water partition coefficient (Wildman–Crippen LogP) is 3.84. The second-order valence-corrected chi connectivity index (χ2v) is 6.35. The number of thiazole rings is 1. The topological polar surface area (TPSA) is 24.9 Å². The second-order valence-electron chi connectivity index (χ2n) is 5.49. The van der Waals surface area contributed by atoms with Gasteiger partial charge in [-0.15, -0.1) is 11.3 Å². The van der Waals surface area contributed by atoms with Gasteiger partial charge in [0.25, 0.3) is 0 Å². The molecule has 1 aromatic rings. The SMILES string of the molecule is CCCNCC(C)=Cc1csc(C(C)(C)C)n1. The Bertz CT molecular complexity index is 372. The van der Waals surface area contributed by atoms with Gasteiger partial charge in [0.15, 0.2) is 0 Å².